The number of hydrogen-bond donors (Lipinski definition) is 2. The van der Waals surface area contributed by atoms with Crippen molar-refractivity contribution in [2.75, 3.05) is 5.32 Å². The van der Waals surface area contributed by atoms with Crippen LogP contribution in [0.3, 0.4) is 0 Å². The number of halogens is 2. The highest BCUT2D eigenvalue weighted by atomic mass is 79.9. The minimum absolute atomic E-state index is 0.0274. The molecule has 2 N–H and O–H groups in total. The van der Waals surface area contributed by atoms with Crippen molar-refractivity contribution < 1.29 is 4.79 Å². The van der Waals surface area contributed by atoms with E-state index in [1.165, 1.54) is 0 Å². The molecule has 0 unspecified atom stereocenters. The van der Waals surface area contributed by atoms with Gasteiger partial charge in [0.15, 0.2) is 5.65 Å². The van der Waals surface area contributed by atoms with E-state index in [4.69, 9.17) is 16.6 Å². The first-order valence-electron chi connectivity index (χ1n) is 11.0. The number of nitrogens with one attached hydrogen (secondary N) is 2. The molecule has 0 aliphatic rings. The highest BCUT2D eigenvalue weighted by molar-refractivity contribution is 9.10. The number of nitrogens with zero attached hydrogens (tertiary/aromatic N) is 3. The van der Waals surface area contributed by atoms with E-state index in [1.807, 2.05) is 60.0 Å². The molecule has 6 nitrogen and oxygen atoms in total. The van der Waals surface area contributed by atoms with Gasteiger partial charge in [0.05, 0.1) is 22.8 Å². The quantitative estimate of drug-likeness (QED) is 0.230. The average Bonchev–Trinajstić information content (AvgIpc) is 3.52. The van der Waals surface area contributed by atoms with Gasteiger partial charge in [-0.15, -0.1) is 11.3 Å². The van der Waals surface area contributed by atoms with Crippen LogP contribution in [0.2, 0.25) is 5.02 Å². The SMILES string of the molecule is O=C(Cc1cccs1)NCc1ccc(CNc2cc(-c3ccccc3Cl)nc3c(Br)cnn23)cc1. The molecule has 1 amide bonds. The van der Waals surface area contributed by atoms with Crippen molar-refractivity contribution in [1.82, 2.24) is 19.9 Å². The molecule has 0 saturated heterocycles. The maximum Gasteiger partial charge on any atom is 0.225 e. The van der Waals surface area contributed by atoms with Crippen molar-refractivity contribution >= 4 is 56.2 Å². The molecule has 0 bridgehead atoms. The summed E-state index contributed by atoms with van der Waals surface area (Å²) >= 11 is 11.6. The fourth-order valence-electron chi connectivity index (χ4n) is 3.67. The molecule has 35 heavy (non-hydrogen) atoms. The summed E-state index contributed by atoms with van der Waals surface area (Å²) in [7, 11) is 0. The van der Waals surface area contributed by atoms with Crippen LogP contribution in [0.5, 0.6) is 0 Å². The van der Waals surface area contributed by atoms with Crippen molar-refractivity contribution in [3.05, 3.63) is 104 Å². The molecule has 5 rings (SSSR count). The minimum atomic E-state index is 0.0274. The topological polar surface area (TPSA) is 71.3 Å². The first-order chi connectivity index (χ1) is 17.1. The maximum absolute atomic E-state index is 12.1. The van der Waals surface area contributed by atoms with Crippen molar-refractivity contribution in [3.63, 3.8) is 0 Å². The Balaban J connectivity index is 1.27. The monoisotopic (exact) mass is 565 g/mol. The summed E-state index contributed by atoms with van der Waals surface area (Å²) in [6, 6.07) is 21.7. The zero-order chi connectivity index (χ0) is 24.2. The Hall–Kier alpha value is -3.20. The second-order valence-electron chi connectivity index (χ2n) is 7.94. The molecule has 0 saturated carbocycles. The Bertz CT molecular complexity index is 1470. The molecule has 3 aromatic heterocycles. The highest BCUT2D eigenvalue weighted by Gasteiger charge is 2.13. The molecule has 5 aromatic rings. The molecule has 2 aromatic carbocycles. The summed E-state index contributed by atoms with van der Waals surface area (Å²) in [6.45, 7) is 1.11. The van der Waals surface area contributed by atoms with Gasteiger partial charge in [-0.3, -0.25) is 4.79 Å². The maximum atomic E-state index is 12.1. The third-order valence-electron chi connectivity index (χ3n) is 5.48. The number of carbonyl (C=O) groups is 1. The van der Waals surface area contributed by atoms with E-state index in [1.54, 1.807) is 22.0 Å². The second kappa shape index (κ2) is 10.6. The molecule has 0 spiro atoms. The van der Waals surface area contributed by atoms with Crippen LogP contribution >= 0.6 is 38.9 Å². The van der Waals surface area contributed by atoms with Gasteiger partial charge in [0.25, 0.3) is 0 Å². The number of hydrogen-bond acceptors (Lipinski definition) is 5. The largest absolute Gasteiger partial charge is 0.366 e. The lowest BCUT2D eigenvalue weighted by Gasteiger charge is -2.12. The van der Waals surface area contributed by atoms with E-state index in [0.29, 0.717) is 30.2 Å². The summed E-state index contributed by atoms with van der Waals surface area (Å²) in [6.07, 6.45) is 2.14. The van der Waals surface area contributed by atoms with E-state index in [9.17, 15) is 4.79 Å². The molecule has 9 heteroatoms. The predicted octanol–water partition coefficient (Wildman–Crippen LogP) is 6.34. The number of benzene rings is 2. The minimum Gasteiger partial charge on any atom is -0.366 e. The van der Waals surface area contributed by atoms with Crippen molar-refractivity contribution in [3.8, 4) is 11.3 Å². The number of anilines is 1. The molecule has 0 atom stereocenters. The van der Waals surface area contributed by atoms with Crippen LogP contribution in [0, 0.1) is 0 Å². The highest BCUT2D eigenvalue weighted by Crippen LogP contribution is 2.30. The number of rotatable bonds is 8. The number of aromatic nitrogens is 3. The molecular formula is C26H21BrClN5OS. The summed E-state index contributed by atoms with van der Waals surface area (Å²) < 4.78 is 2.57. The molecule has 0 fully saturated rings. The molecule has 0 aliphatic heterocycles. The fraction of sp³-hybridized carbons (Fsp3) is 0.115. The molecule has 3 heterocycles. The summed E-state index contributed by atoms with van der Waals surface area (Å²) in [5.41, 5.74) is 4.49. The van der Waals surface area contributed by atoms with Gasteiger partial charge < -0.3 is 10.6 Å². The average molecular weight is 567 g/mol. The standard InChI is InChI=1S/C26H21BrClN5OS/c27-21-16-31-33-24(13-23(32-26(21)33)20-5-1-2-6-22(20)28)29-14-17-7-9-18(10-8-17)15-30-25(34)12-19-4-3-11-35-19/h1-11,13,16,29H,12,14-15H2,(H,30,34). The van der Waals surface area contributed by atoms with Gasteiger partial charge in [-0.25, -0.2) is 4.98 Å². The van der Waals surface area contributed by atoms with Gasteiger partial charge in [-0.2, -0.15) is 9.61 Å². The van der Waals surface area contributed by atoms with Crippen molar-refractivity contribution in [2.24, 2.45) is 0 Å². The van der Waals surface area contributed by atoms with E-state index >= 15 is 0 Å². The normalized spacial score (nSPS) is 11.0. The zero-order valence-corrected chi connectivity index (χ0v) is 21.7. The van der Waals surface area contributed by atoms with Gasteiger partial charge >= 0.3 is 0 Å². The van der Waals surface area contributed by atoms with Gasteiger partial charge in [-0.05, 0) is 44.6 Å². The number of carbonyl (C=O) groups excluding carboxylic acids is 1. The number of fused-ring (bicyclic) bond motifs is 1. The summed E-state index contributed by atoms with van der Waals surface area (Å²) in [4.78, 5) is 17.9. The molecule has 0 aliphatic carbocycles. The third kappa shape index (κ3) is 5.56. The number of thiophene rings is 1. The van der Waals surface area contributed by atoms with Gasteiger partial charge in [0.2, 0.25) is 5.91 Å². The Labute approximate surface area is 220 Å². The van der Waals surface area contributed by atoms with Gasteiger partial charge in [0.1, 0.15) is 5.82 Å². The van der Waals surface area contributed by atoms with Crippen LogP contribution < -0.4 is 10.6 Å². The van der Waals surface area contributed by atoms with E-state index in [-0.39, 0.29) is 5.91 Å². The van der Waals surface area contributed by atoms with Crippen LogP contribution in [-0.4, -0.2) is 20.5 Å². The summed E-state index contributed by atoms with van der Waals surface area (Å²) in [5, 5.41) is 13.5. The smallest absolute Gasteiger partial charge is 0.225 e. The second-order valence-corrected chi connectivity index (χ2v) is 10.2. The molecular weight excluding hydrogens is 546 g/mol. The lowest BCUT2D eigenvalue weighted by Crippen LogP contribution is -2.24. The lowest BCUT2D eigenvalue weighted by atomic mass is 10.1. The molecule has 0 radical (unpaired) electrons. The Kier molecular flexibility index (Phi) is 7.13. The van der Waals surface area contributed by atoms with Crippen LogP contribution in [0.4, 0.5) is 5.82 Å². The van der Waals surface area contributed by atoms with E-state index < -0.39 is 0 Å². The lowest BCUT2D eigenvalue weighted by molar-refractivity contribution is -0.120. The summed E-state index contributed by atoms with van der Waals surface area (Å²) in [5.74, 6) is 0.833. The van der Waals surface area contributed by atoms with Crippen molar-refractivity contribution in [1.29, 1.82) is 0 Å². The van der Waals surface area contributed by atoms with Gasteiger partial charge in [-0.1, -0.05) is 60.1 Å². The van der Waals surface area contributed by atoms with E-state index in [2.05, 4.69) is 43.8 Å². The van der Waals surface area contributed by atoms with Gasteiger partial charge in [0, 0.05) is 34.6 Å². The first-order valence-corrected chi connectivity index (χ1v) is 13.0. The van der Waals surface area contributed by atoms with Crippen LogP contribution in [0.25, 0.3) is 16.9 Å². The van der Waals surface area contributed by atoms with E-state index in [0.717, 1.165) is 37.6 Å². The van der Waals surface area contributed by atoms with Crippen molar-refractivity contribution in [2.45, 2.75) is 19.5 Å². The number of amides is 1. The first kappa shape index (κ1) is 23.5. The Morgan fingerprint density at radius 2 is 1.80 bits per heavy atom. The molecule has 176 valence electrons. The van der Waals surface area contributed by atoms with Crippen LogP contribution in [-0.2, 0) is 24.3 Å². The zero-order valence-electron chi connectivity index (χ0n) is 18.5. The van der Waals surface area contributed by atoms with Crippen LogP contribution in [0.15, 0.2) is 82.8 Å². The predicted molar refractivity (Wildman–Crippen MR) is 145 cm³/mol. The Morgan fingerprint density at radius 1 is 1.03 bits per heavy atom. The third-order valence-corrected chi connectivity index (χ3v) is 7.25. The Morgan fingerprint density at radius 3 is 2.54 bits per heavy atom. The fourth-order valence-corrected chi connectivity index (χ4v) is 4.96. The van der Waals surface area contributed by atoms with Crippen LogP contribution in [0.1, 0.15) is 16.0 Å².